The molecule has 1 N–H and O–H groups in total. The highest BCUT2D eigenvalue weighted by atomic mass is 16.1. The Morgan fingerprint density at radius 1 is 1.16 bits per heavy atom. The summed E-state index contributed by atoms with van der Waals surface area (Å²) in [7, 11) is 0. The monoisotopic (exact) mass is 339 g/mol. The minimum absolute atomic E-state index is 0.122. The summed E-state index contributed by atoms with van der Waals surface area (Å²) in [6, 6.07) is 7.84. The Kier molecular flexibility index (Phi) is 5.93. The third kappa shape index (κ3) is 4.53. The molecule has 1 aliphatic heterocycles. The molecule has 25 heavy (non-hydrogen) atoms. The fraction of sp³-hybridized carbons (Fsp3) is 0.474. The number of amides is 1. The Labute approximate surface area is 148 Å². The highest BCUT2D eigenvalue weighted by Gasteiger charge is 2.25. The predicted octanol–water partition coefficient (Wildman–Crippen LogP) is 2.67. The zero-order chi connectivity index (χ0) is 17.5. The van der Waals surface area contributed by atoms with Gasteiger partial charge >= 0.3 is 0 Å². The van der Waals surface area contributed by atoms with E-state index in [9.17, 15) is 4.79 Å². The average Bonchev–Trinajstić information content (AvgIpc) is 2.69. The molecular weight excluding hydrogens is 314 g/mol. The first-order chi connectivity index (χ1) is 12.3. The van der Waals surface area contributed by atoms with Gasteiger partial charge in [-0.2, -0.15) is 0 Å². The number of nitrogens with one attached hydrogen (secondary N) is 1. The maximum atomic E-state index is 12.2. The normalized spacial score (nSPS) is 15.2. The standard InChI is InChI=1S/C19H25N5O/c1-2-3-10-21-19(25)16-8-13-24(14-9-16)18-5-4-17(22-23-18)15-6-11-20-12-7-15/h4-7,11-12,16H,2-3,8-10,13-14H2,1H3,(H,21,25). The van der Waals surface area contributed by atoms with Crippen molar-refractivity contribution in [3.8, 4) is 11.3 Å². The largest absolute Gasteiger partial charge is 0.356 e. The van der Waals surface area contributed by atoms with Gasteiger partial charge in [0.25, 0.3) is 0 Å². The highest BCUT2D eigenvalue weighted by molar-refractivity contribution is 5.78. The molecule has 0 saturated carbocycles. The van der Waals surface area contributed by atoms with Gasteiger partial charge in [0.15, 0.2) is 5.82 Å². The lowest BCUT2D eigenvalue weighted by molar-refractivity contribution is -0.125. The van der Waals surface area contributed by atoms with E-state index in [2.05, 4.69) is 32.3 Å². The molecule has 0 spiro atoms. The maximum absolute atomic E-state index is 12.2. The minimum atomic E-state index is 0.122. The van der Waals surface area contributed by atoms with Gasteiger partial charge in [-0.25, -0.2) is 0 Å². The van der Waals surface area contributed by atoms with E-state index in [1.807, 2.05) is 24.3 Å². The van der Waals surface area contributed by atoms with Crippen LogP contribution in [-0.4, -0.2) is 40.7 Å². The number of carbonyl (C=O) groups excluding carboxylic acids is 1. The summed E-state index contributed by atoms with van der Waals surface area (Å²) in [4.78, 5) is 18.4. The van der Waals surface area contributed by atoms with Crippen LogP contribution in [0.3, 0.4) is 0 Å². The number of piperidine rings is 1. The molecule has 0 aliphatic carbocycles. The van der Waals surface area contributed by atoms with E-state index < -0.39 is 0 Å². The fourth-order valence-electron chi connectivity index (χ4n) is 3.07. The SMILES string of the molecule is CCCCNC(=O)C1CCN(c2ccc(-c3ccncc3)nn2)CC1. The van der Waals surface area contributed by atoms with Crippen molar-refractivity contribution in [1.82, 2.24) is 20.5 Å². The van der Waals surface area contributed by atoms with Gasteiger partial charge in [-0.05, 0) is 43.5 Å². The van der Waals surface area contributed by atoms with E-state index >= 15 is 0 Å². The van der Waals surface area contributed by atoms with E-state index in [-0.39, 0.29) is 11.8 Å². The van der Waals surface area contributed by atoms with Gasteiger partial charge in [0.05, 0.1) is 5.69 Å². The molecule has 0 aromatic carbocycles. The van der Waals surface area contributed by atoms with Crippen molar-refractivity contribution in [3.63, 3.8) is 0 Å². The van der Waals surface area contributed by atoms with Crippen molar-refractivity contribution < 1.29 is 4.79 Å². The number of carbonyl (C=O) groups is 1. The summed E-state index contributed by atoms with van der Waals surface area (Å²) in [5, 5.41) is 11.7. The Morgan fingerprint density at radius 3 is 2.56 bits per heavy atom. The second-order valence-corrected chi connectivity index (χ2v) is 6.42. The Balaban J connectivity index is 1.54. The van der Waals surface area contributed by atoms with Crippen molar-refractivity contribution in [3.05, 3.63) is 36.7 Å². The van der Waals surface area contributed by atoms with Crippen LogP contribution >= 0.6 is 0 Å². The van der Waals surface area contributed by atoms with Crippen LogP contribution in [0.1, 0.15) is 32.6 Å². The van der Waals surface area contributed by atoms with E-state index in [0.717, 1.165) is 62.4 Å². The molecule has 2 aromatic rings. The van der Waals surface area contributed by atoms with Gasteiger partial charge in [0, 0.05) is 43.5 Å². The lowest BCUT2D eigenvalue weighted by atomic mass is 9.96. The van der Waals surface area contributed by atoms with Crippen LogP contribution in [0.2, 0.25) is 0 Å². The summed E-state index contributed by atoms with van der Waals surface area (Å²) in [6.07, 6.45) is 7.39. The number of hydrogen-bond acceptors (Lipinski definition) is 5. The zero-order valence-electron chi connectivity index (χ0n) is 14.7. The third-order valence-corrected chi connectivity index (χ3v) is 4.65. The van der Waals surface area contributed by atoms with E-state index in [0.29, 0.717) is 0 Å². The fourth-order valence-corrected chi connectivity index (χ4v) is 3.07. The molecule has 1 amide bonds. The van der Waals surface area contributed by atoms with Crippen molar-refractivity contribution >= 4 is 11.7 Å². The predicted molar refractivity (Wildman–Crippen MR) is 98.1 cm³/mol. The van der Waals surface area contributed by atoms with Gasteiger partial charge in [-0.15, -0.1) is 10.2 Å². The summed E-state index contributed by atoms with van der Waals surface area (Å²) in [5.41, 5.74) is 1.85. The first-order valence-electron chi connectivity index (χ1n) is 9.04. The zero-order valence-corrected chi connectivity index (χ0v) is 14.7. The first kappa shape index (κ1) is 17.3. The topological polar surface area (TPSA) is 71.0 Å². The molecule has 3 rings (SSSR count). The highest BCUT2D eigenvalue weighted by Crippen LogP contribution is 2.23. The van der Waals surface area contributed by atoms with Crippen molar-refractivity contribution in [1.29, 1.82) is 0 Å². The van der Waals surface area contributed by atoms with Crippen molar-refractivity contribution in [2.24, 2.45) is 5.92 Å². The van der Waals surface area contributed by atoms with E-state index in [1.54, 1.807) is 12.4 Å². The van der Waals surface area contributed by atoms with Gasteiger partial charge in [-0.3, -0.25) is 9.78 Å². The minimum Gasteiger partial charge on any atom is -0.356 e. The summed E-state index contributed by atoms with van der Waals surface area (Å²) in [6.45, 7) is 4.60. The summed E-state index contributed by atoms with van der Waals surface area (Å²) in [5.74, 6) is 1.20. The van der Waals surface area contributed by atoms with E-state index in [1.165, 1.54) is 0 Å². The summed E-state index contributed by atoms with van der Waals surface area (Å²) >= 11 is 0. The van der Waals surface area contributed by atoms with Gasteiger partial charge in [-0.1, -0.05) is 13.3 Å². The molecular formula is C19H25N5O. The van der Waals surface area contributed by atoms with Crippen LogP contribution in [0.4, 0.5) is 5.82 Å². The van der Waals surface area contributed by atoms with Gasteiger partial charge in [0.1, 0.15) is 0 Å². The first-order valence-corrected chi connectivity index (χ1v) is 9.04. The van der Waals surface area contributed by atoms with Gasteiger partial charge < -0.3 is 10.2 Å². The second-order valence-electron chi connectivity index (χ2n) is 6.42. The lowest BCUT2D eigenvalue weighted by Gasteiger charge is -2.31. The Bertz CT molecular complexity index is 666. The smallest absolute Gasteiger partial charge is 0.223 e. The molecule has 6 heteroatoms. The molecule has 0 atom stereocenters. The average molecular weight is 339 g/mol. The molecule has 132 valence electrons. The molecule has 1 aliphatic rings. The van der Waals surface area contributed by atoms with E-state index in [4.69, 9.17) is 0 Å². The third-order valence-electron chi connectivity index (χ3n) is 4.65. The molecule has 6 nitrogen and oxygen atoms in total. The molecule has 0 radical (unpaired) electrons. The van der Waals surface area contributed by atoms with Crippen LogP contribution in [0.5, 0.6) is 0 Å². The number of pyridine rings is 1. The molecule has 3 heterocycles. The van der Waals surface area contributed by atoms with Crippen LogP contribution in [-0.2, 0) is 4.79 Å². The Morgan fingerprint density at radius 2 is 1.92 bits per heavy atom. The maximum Gasteiger partial charge on any atom is 0.223 e. The molecule has 1 fully saturated rings. The van der Waals surface area contributed by atoms with Gasteiger partial charge in [0.2, 0.25) is 5.91 Å². The quantitative estimate of drug-likeness (QED) is 0.819. The number of unbranched alkanes of at least 4 members (excludes halogenated alkanes) is 1. The molecule has 0 bridgehead atoms. The Hall–Kier alpha value is -2.50. The number of hydrogen-bond donors (Lipinski definition) is 1. The molecule has 2 aromatic heterocycles. The van der Waals surface area contributed by atoms with Crippen LogP contribution in [0.15, 0.2) is 36.7 Å². The van der Waals surface area contributed by atoms with Crippen molar-refractivity contribution in [2.75, 3.05) is 24.5 Å². The van der Waals surface area contributed by atoms with Crippen molar-refractivity contribution in [2.45, 2.75) is 32.6 Å². The molecule has 1 saturated heterocycles. The number of anilines is 1. The molecule has 0 unspecified atom stereocenters. The lowest BCUT2D eigenvalue weighted by Crippen LogP contribution is -2.41. The van der Waals surface area contributed by atoms with Crippen LogP contribution in [0.25, 0.3) is 11.3 Å². The summed E-state index contributed by atoms with van der Waals surface area (Å²) < 4.78 is 0. The van der Waals surface area contributed by atoms with Crippen LogP contribution in [0, 0.1) is 5.92 Å². The van der Waals surface area contributed by atoms with Crippen LogP contribution < -0.4 is 10.2 Å². The second kappa shape index (κ2) is 8.55. The number of rotatable bonds is 6. The number of nitrogens with zero attached hydrogens (tertiary/aromatic N) is 4. The number of aromatic nitrogens is 3.